The van der Waals surface area contributed by atoms with E-state index in [9.17, 15) is 18.0 Å². The summed E-state index contributed by atoms with van der Waals surface area (Å²) in [7, 11) is 1.42. The lowest BCUT2D eigenvalue weighted by Crippen LogP contribution is -2.35. The highest BCUT2D eigenvalue weighted by Crippen LogP contribution is 2.36. The molecule has 2 aromatic heterocycles. The molecule has 0 spiro atoms. The van der Waals surface area contributed by atoms with Crippen LogP contribution in [0.2, 0.25) is 10.0 Å². The van der Waals surface area contributed by atoms with Gasteiger partial charge in [-0.15, -0.1) is 0 Å². The van der Waals surface area contributed by atoms with E-state index in [1.165, 1.54) is 7.11 Å². The molecule has 176 valence electrons. The lowest BCUT2D eigenvalue weighted by atomic mass is 10.0. The van der Waals surface area contributed by atoms with Gasteiger partial charge in [-0.3, -0.25) is 9.89 Å². The quantitative estimate of drug-likeness (QED) is 0.334. The number of benzene rings is 2. The van der Waals surface area contributed by atoms with Gasteiger partial charge in [0, 0.05) is 29.6 Å². The molecular weight excluding hydrogens is 492 g/mol. The van der Waals surface area contributed by atoms with Crippen molar-refractivity contribution in [1.82, 2.24) is 15.2 Å². The number of hydrogen-bond acceptors (Lipinski definition) is 4. The topological polar surface area (TPSA) is 71.1 Å². The number of alkyl halides is 3. The number of anilines is 1. The number of pyridine rings is 1. The second-order valence-corrected chi connectivity index (χ2v) is 8.10. The zero-order valence-electron chi connectivity index (χ0n) is 17.7. The van der Waals surface area contributed by atoms with Crippen molar-refractivity contribution in [2.45, 2.75) is 6.18 Å². The maximum absolute atomic E-state index is 14.0. The van der Waals surface area contributed by atoms with Gasteiger partial charge >= 0.3 is 6.18 Å². The summed E-state index contributed by atoms with van der Waals surface area (Å²) in [4.78, 5) is 18.4. The summed E-state index contributed by atoms with van der Waals surface area (Å²) in [5.41, 5.74) is -0.863. The van der Waals surface area contributed by atoms with E-state index < -0.39 is 23.3 Å². The molecule has 2 heterocycles. The number of nitrogens with one attached hydrogen (secondary N) is 1. The fraction of sp³-hybridized carbons (Fsp3) is 0.174. The first-order valence-electron chi connectivity index (χ1n) is 9.98. The average Bonchev–Trinajstić information content (AvgIpc) is 3.22. The minimum atomic E-state index is -4.90. The first-order chi connectivity index (χ1) is 16.2. The number of methoxy groups -OCH3 is 1. The predicted octanol–water partition coefficient (Wildman–Crippen LogP) is 6.24. The lowest BCUT2D eigenvalue weighted by Gasteiger charge is -2.25. The predicted molar refractivity (Wildman–Crippen MR) is 124 cm³/mol. The number of halogens is 5. The Kier molecular flexibility index (Phi) is 6.79. The minimum absolute atomic E-state index is 0.0240. The normalized spacial score (nSPS) is 11.7. The van der Waals surface area contributed by atoms with Crippen LogP contribution in [0, 0.1) is 0 Å². The molecule has 6 nitrogen and oxygen atoms in total. The van der Waals surface area contributed by atoms with Crippen LogP contribution in [0.5, 0.6) is 0 Å². The van der Waals surface area contributed by atoms with E-state index in [2.05, 4.69) is 15.2 Å². The van der Waals surface area contributed by atoms with Gasteiger partial charge in [0.1, 0.15) is 0 Å². The third kappa shape index (κ3) is 4.72. The first-order valence-corrected chi connectivity index (χ1v) is 10.7. The van der Waals surface area contributed by atoms with Gasteiger partial charge in [0.05, 0.1) is 28.6 Å². The van der Waals surface area contributed by atoms with Gasteiger partial charge in [0.15, 0.2) is 11.3 Å². The van der Waals surface area contributed by atoms with Crippen molar-refractivity contribution in [3.05, 3.63) is 75.9 Å². The zero-order chi connectivity index (χ0) is 24.5. The van der Waals surface area contributed by atoms with Gasteiger partial charge in [-0.2, -0.15) is 18.3 Å². The van der Waals surface area contributed by atoms with Crippen molar-refractivity contribution < 1.29 is 22.7 Å². The van der Waals surface area contributed by atoms with Crippen LogP contribution in [0.15, 0.2) is 54.6 Å². The molecule has 0 aliphatic heterocycles. The van der Waals surface area contributed by atoms with Gasteiger partial charge in [0.25, 0.3) is 5.91 Å². The number of nitrogens with zero attached hydrogens (tertiary/aromatic N) is 3. The maximum Gasteiger partial charge on any atom is 0.434 e. The number of amides is 1. The average molecular weight is 509 g/mol. The van der Waals surface area contributed by atoms with Crippen LogP contribution in [0.4, 0.5) is 18.9 Å². The van der Waals surface area contributed by atoms with E-state index in [-0.39, 0.29) is 34.9 Å². The monoisotopic (exact) mass is 508 g/mol. The van der Waals surface area contributed by atoms with Crippen molar-refractivity contribution in [2.24, 2.45) is 0 Å². The van der Waals surface area contributed by atoms with Crippen LogP contribution in [0.1, 0.15) is 16.1 Å². The fourth-order valence-corrected chi connectivity index (χ4v) is 3.85. The molecule has 0 bridgehead atoms. The highest BCUT2D eigenvalue weighted by Gasteiger charge is 2.39. The number of ether oxygens (including phenoxy) is 1. The highest BCUT2D eigenvalue weighted by atomic mass is 35.5. The molecule has 0 aliphatic carbocycles. The number of fused-ring (bicyclic) bond motifs is 1. The molecule has 1 N–H and O–H groups in total. The number of carbonyl (C=O) groups is 1. The highest BCUT2D eigenvalue weighted by molar-refractivity contribution is 6.34. The second-order valence-electron chi connectivity index (χ2n) is 7.26. The molecular formula is C23H17Cl2F3N4O2. The van der Waals surface area contributed by atoms with Crippen LogP contribution in [0.25, 0.3) is 22.3 Å². The molecule has 0 atom stereocenters. The number of para-hydroxylation sites is 1. The van der Waals surface area contributed by atoms with E-state index in [1.807, 2.05) is 0 Å². The molecule has 34 heavy (non-hydrogen) atoms. The summed E-state index contributed by atoms with van der Waals surface area (Å²) in [6, 6.07) is 14.2. The van der Waals surface area contributed by atoms with Crippen molar-refractivity contribution >= 4 is 45.8 Å². The van der Waals surface area contributed by atoms with E-state index in [0.29, 0.717) is 16.3 Å². The summed E-state index contributed by atoms with van der Waals surface area (Å²) in [5.74, 6) is -0.921. The van der Waals surface area contributed by atoms with Crippen molar-refractivity contribution in [2.75, 3.05) is 25.2 Å². The molecule has 0 saturated carbocycles. The van der Waals surface area contributed by atoms with Crippen molar-refractivity contribution in [1.29, 1.82) is 0 Å². The third-order valence-corrected chi connectivity index (χ3v) is 5.66. The number of aromatic amines is 1. The van der Waals surface area contributed by atoms with Gasteiger partial charge in [0.2, 0.25) is 0 Å². The molecule has 2 aromatic carbocycles. The maximum atomic E-state index is 14.0. The van der Waals surface area contributed by atoms with Crippen LogP contribution in [-0.2, 0) is 10.9 Å². The Morgan fingerprint density at radius 1 is 1.12 bits per heavy atom. The standard InChI is InChI=1S/C23H17Cl2F3N4O2/c1-34-11-10-32(18-5-3-2-4-17(18)25)22(33)16-12-15-19(13-6-8-14(24)9-7-13)30-31-21(15)29-20(16)23(26,27)28/h2-9,12H,10-11H2,1H3,(H,29,30,31). The van der Waals surface area contributed by atoms with E-state index >= 15 is 0 Å². The Hall–Kier alpha value is -3.14. The summed E-state index contributed by atoms with van der Waals surface area (Å²) >= 11 is 12.2. The SMILES string of the molecule is COCCN(C(=O)c1cc2c(-c3ccc(Cl)cc3)[nH]nc2nc1C(F)(F)F)c1ccccc1Cl. The molecule has 0 aliphatic rings. The summed E-state index contributed by atoms with van der Waals surface area (Å²) in [6.45, 7) is 0.0551. The molecule has 0 radical (unpaired) electrons. The molecule has 11 heteroatoms. The Labute approximate surface area is 202 Å². The van der Waals surface area contributed by atoms with E-state index in [1.54, 1.807) is 48.5 Å². The Morgan fingerprint density at radius 2 is 1.82 bits per heavy atom. The number of rotatable bonds is 6. The molecule has 0 saturated heterocycles. The summed E-state index contributed by atoms with van der Waals surface area (Å²) < 4.78 is 47.0. The Bertz CT molecular complexity index is 1340. The Morgan fingerprint density at radius 3 is 2.47 bits per heavy atom. The molecule has 1 amide bonds. The lowest BCUT2D eigenvalue weighted by molar-refractivity contribution is -0.141. The largest absolute Gasteiger partial charge is 0.434 e. The molecule has 4 aromatic rings. The third-order valence-electron chi connectivity index (χ3n) is 5.08. The number of H-pyrrole nitrogens is 1. The Balaban J connectivity index is 1.90. The number of hydrogen-bond donors (Lipinski definition) is 1. The van der Waals surface area contributed by atoms with Crippen LogP contribution < -0.4 is 4.90 Å². The zero-order valence-corrected chi connectivity index (χ0v) is 19.2. The summed E-state index contributed by atoms with van der Waals surface area (Å²) in [5, 5.41) is 7.59. The molecule has 0 fully saturated rings. The van der Waals surface area contributed by atoms with Gasteiger partial charge in [-0.25, -0.2) is 4.98 Å². The second kappa shape index (κ2) is 9.61. The number of aromatic nitrogens is 3. The fourth-order valence-electron chi connectivity index (χ4n) is 3.49. The van der Waals surface area contributed by atoms with Crippen LogP contribution >= 0.6 is 23.2 Å². The van der Waals surface area contributed by atoms with Gasteiger partial charge in [-0.05, 0) is 30.3 Å². The van der Waals surface area contributed by atoms with Crippen LogP contribution in [-0.4, -0.2) is 41.3 Å². The van der Waals surface area contributed by atoms with E-state index in [0.717, 1.165) is 11.0 Å². The van der Waals surface area contributed by atoms with Gasteiger partial charge < -0.3 is 9.64 Å². The molecule has 4 rings (SSSR count). The van der Waals surface area contributed by atoms with Gasteiger partial charge in [-0.1, -0.05) is 47.5 Å². The number of carbonyl (C=O) groups excluding carboxylic acids is 1. The van der Waals surface area contributed by atoms with Crippen molar-refractivity contribution in [3.63, 3.8) is 0 Å². The van der Waals surface area contributed by atoms with Crippen LogP contribution in [0.3, 0.4) is 0 Å². The smallest absolute Gasteiger partial charge is 0.383 e. The summed E-state index contributed by atoms with van der Waals surface area (Å²) in [6.07, 6.45) is -4.90. The van der Waals surface area contributed by atoms with E-state index in [4.69, 9.17) is 27.9 Å². The molecule has 0 unspecified atom stereocenters. The minimum Gasteiger partial charge on any atom is -0.383 e. The first kappa shape index (κ1) is 24.0. The van der Waals surface area contributed by atoms with Crippen molar-refractivity contribution in [3.8, 4) is 11.3 Å².